The zero-order valence-electron chi connectivity index (χ0n) is 12.5. The van der Waals surface area contributed by atoms with Crippen LogP contribution in [0, 0.1) is 5.41 Å². The van der Waals surface area contributed by atoms with Crippen LogP contribution in [0.4, 0.5) is 0 Å². The third-order valence-corrected chi connectivity index (χ3v) is 4.83. The SMILES string of the molecule is CO[C@@]1(C)C[C@@H](NC(=O)Cn2ccccc2=O)C1(C)C. The van der Waals surface area contributed by atoms with Gasteiger partial charge in [0.2, 0.25) is 5.91 Å². The number of nitrogens with zero attached hydrogens (tertiary/aromatic N) is 1. The van der Waals surface area contributed by atoms with Crippen LogP contribution in [0.25, 0.3) is 0 Å². The summed E-state index contributed by atoms with van der Waals surface area (Å²) in [5.41, 5.74) is -0.509. The molecule has 1 N–H and O–H groups in total. The largest absolute Gasteiger partial charge is 0.378 e. The van der Waals surface area contributed by atoms with Crippen molar-refractivity contribution in [3.05, 3.63) is 34.7 Å². The van der Waals surface area contributed by atoms with Gasteiger partial charge in [0, 0.05) is 30.8 Å². The Labute approximate surface area is 118 Å². The van der Waals surface area contributed by atoms with Gasteiger partial charge in [0.25, 0.3) is 5.56 Å². The van der Waals surface area contributed by atoms with Crippen molar-refractivity contribution in [1.29, 1.82) is 0 Å². The van der Waals surface area contributed by atoms with Gasteiger partial charge in [-0.05, 0) is 19.4 Å². The third kappa shape index (κ3) is 2.38. The number of pyridine rings is 1. The second-order valence-electron chi connectivity index (χ2n) is 6.15. The molecule has 0 aromatic carbocycles. The summed E-state index contributed by atoms with van der Waals surface area (Å²) in [6.07, 6.45) is 2.40. The maximum absolute atomic E-state index is 12.0. The standard InChI is InChI=1S/C15H22N2O3/c1-14(2)11(9-15(14,3)20-4)16-12(18)10-17-8-6-5-7-13(17)19/h5-8,11H,9-10H2,1-4H3,(H,16,18)/t11-,15+/m1/s1. The summed E-state index contributed by atoms with van der Waals surface area (Å²) in [4.78, 5) is 23.6. The number of methoxy groups -OCH3 is 1. The quantitative estimate of drug-likeness (QED) is 0.899. The van der Waals surface area contributed by atoms with Crippen LogP contribution in [0.1, 0.15) is 27.2 Å². The Morgan fingerprint density at radius 1 is 1.45 bits per heavy atom. The Bertz CT molecular complexity index is 564. The van der Waals surface area contributed by atoms with E-state index in [-0.39, 0.29) is 35.1 Å². The van der Waals surface area contributed by atoms with E-state index in [1.165, 1.54) is 10.6 Å². The molecule has 5 heteroatoms. The maximum Gasteiger partial charge on any atom is 0.250 e. The summed E-state index contributed by atoms with van der Waals surface area (Å²) in [5, 5.41) is 2.99. The number of aromatic nitrogens is 1. The number of ether oxygens (including phenoxy) is 1. The minimum atomic E-state index is -0.214. The van der Waals surface area contributed by atoms with Gasteiger partial charge in [-0.15, -0.1) is 0 Å². The summed E-state index contributed by atoms with van der Waals surface area (Å²) in [6.45, 7) is 6.27. The maximum atomic E-state index is 12.0. The highest BCUT2D eigenvalue weighted by molar-refractivity contribution is 5.76. The summed E-state index contributed by atoms with van der Waals surface area (Å²) in [5.74, 6) is -0.144. The fourth-order valence-electron chi connectivity index (χ4n) is 2.71. The fourth-order valence-corrected chi connectivity index (χ4v) is 2.71. The lowest BCUT2D eigenvalue weighted by Crippen LogP contribution is -2.68. The first-order valence-corrected chi connectivity index (χ1v) is 6.80. The molecule has 2 rings (SSSR count). The molecule has 1 aromatic rings. The van der Waals surface area contributed by atoms with E-state index in [0.29, 0.717) is 0 Å². The van der Waals surface area contributed by atoms with Gasteiger partial charge in [0.15, 0.2) is 0 Å². The monoisotopic (exact) mass is 278 g/mol. The second-order valence-corrected chi connectivity index (χ2v) is 6.15. The van der Waals surface area contributed by atoms with Crippen LogP contribution in [0.15, 0.2) is 29.2 Å². The van der Waals surface area contributed by atoms with Crippen molar-refractivity contribution in [3.8, 4) is 0 Å². The van der Waals surface area contributed by atoms with Crippen LogP contribution in [0.3, 0.4) is 0 Å². The predicted octanol–water partition coefficient (Wildman–Crippen LogP) is 1.17. The molecular weight excluding hydrogens is 256 g/mol. The van der Waals surface area contributed by atoms with Crippen molar-refractivity contribution in [2.75, 3.05) is 7.11 Å². The smallest absolute Gasteiger partial charge is 0.250 e. The van der Waals surface area contributed by atoms with Crippen LogP contribution in [-0.2, 0) is 16.1 Å². The molecule has 0 saturated heterocycles. The highest BCUT2D eigenvalue weighted by Crippen LogP contribution is 2.51. The van der Waals surface area contributed by atoms with Crippen LogP contribution in [-0.4, -0.2) is 29.2 Å². The van der Waals surface area contributed by atoms with Crippen LogP contribution >= 0.6 is 0 Å². The van der Waals surface area contributed by atoms with Gasteiger partial charge in [-0.25, -0.2) is 0 Å². The number of carbonyl (C=O) groups excluding carboxylic acids is 1. The molecular formula is C15H22N2O3. The number of carbonyl (C=O) groups is 1. The number of rotatable bonds is 4. The Morgan fingerprint density at radius 2 is 2.15 bits per heavy atom. The lowest BCUT2D eigenvalue weighted by atomic mass is 9.56. The van der Waals surface area contributed by atoms with Gasteiger partial charge in [-0.2, -0.15) is 0 Å². The van der Waals surface area contributed by atoms with E-state index in [0.717, 1.165) is 6.42 Å². The van der Waals surface area contributed by atoms with Crippen LogP contribution in [0.5, 0.6) is 0 Å². The van der Waals surface area contributed by atoms with Crippen LogP contribution < -0.4 is 10.9 Å². The van der Waals surface area contributed by atoms with Crippen molar-refractivity contribution in [2.45, 2.75) is 45.4 Å². The van der Waals surface area contributed by atoms with Gasteiger partial charge in [0.1, 0.15) is 6.54 Å². The van der Waals surface area contributed by atoms with E-state index in [9.17, 15) is 9.59 Å². The average Bonchev–Trinajstić information content (AvgIpc) is 2.40. The van der Waals surface area contributed by atoms with Crippen molar-refractivity contribution in [3.63, 3.8) is 0 Å². The van der Waals surface area contributed by atoms with Crippen molar-refractivity contribution in [2.24, 2.45) is 5.41 Å². The molecule has 5 nitrogen and oxygen atoms in total. The van der Waals surface area contributed by atoms with E-state index in [4.69, 9.17) is 4.74 Å². The van der Waals surface area contributed by atoms with Crippen molar-refractivity contribution in [1.82, 2.24) is 9.88 Å². The Hall–Kier alpha value is -1.62. The summed E-state index contributed by atoms with van der Waals surface area (Å²) in [7, 11) is 1.70. The molecule has 0 aliphatic heterocycles. The van der Waals surface area contributed by atoms with E-state index in [1.54, 1.807) is 25.4 Å². The molecule has 2 atom stereocenters. The van der Waals surface area contributed by atoms with Gasteiger partial charge in [0.05, 0.1) is 5.60 Å². The molecule has 20 heavy (non-hydrogen) atoms. The normalized spacial score (nSPS) is 27.7. The second kappa shape index (κ2) is 5.05. The van der Waals surface area contributed by atoms with Gasteiger partial charge in [-0.1, -0.05) is 19.9 Å². The van der Waals surface area contributed by atoms with E-state index >= 15 is 0 Å². The molecule has 0 bridgehead atoms. The Morgan fingerprint density at radius 3 is 2.70 bits per heavy atom. The van der Waals surface area contributed by atoms with Crippen LogP contribution in [0.2, 0.25) is 0 Å². The number of amides is 1. The predicted molar refractivity (Wildman–Crippen MR) is 76.4 cm³/mol. The van der Waals surface area contributed by atoms with E-state index in [1.807, 2.05) is 0 Å². The number of hydrogen-bond donors (Lipinski definition) is 1. The summed E-state index contributed by atoms with van der Waals surface area (Å²) < 4.78 is 6.93. The molecule has 0 radical (unpaired) electrons. The first-order valence-electron chi connectivity index (χ1n) is 6.80. The minimum absolute atomic E-state index is 0.0515. The molecule has 1 aliphatic carbocycles. The lowest BCUT2D eigenvalue weighted by Gasteiger charge is -2.59. The Balaban J connectivity index is 1.98. The topological polar surface area (TPSA) is 60.3 Å². The summed E-state index contributed by atoms with van der Waals surface area (Å²) in [6, 6.07) is 4.92. The number of nitrogens with one attached hydrogen (secondary N) is 1. The van der Waals surface area contributed by atoms with Crippen molar-refractivity contribution < 1.29 is 9.53 Å². The molecule has 1 saturated carbocycles. The highest BCUT2D eigenvalue weighted by Gasteiger charge is 2.58. The highest BCUT2D eigenvalue weighted by atomic mass is 16.5. The Kier molecular flexibility index (Phi) is 3.73. The zero-order chi connectivity index (χ0) is 15.0. The van der Waals surface area contributed by atoms with Gasteiger partial charge < -0.3 is 14.6 Å². The van der Waals surface area contributed by atoms with Gasteiger partial charge >= 0.3 is 0 Å². The molecule has 1 heterocycles. The molecule has 0 spiro atoms. The summed E-state index contributed by atoms with van der Waals surface area (Å²) >= 11 is 0. The lowest BCUT2D eigenvalue weighted by molar-refractivity contribution is -0.182. The molecule has 0 unspecified atom stereocenters. The molecule has 1 fully saturated rings. The first-order chi connectivity index (χ1) is 9.30. The average molecular weight is 278 g/mol. The van der Waals surface area contributed by atoms with Gasteiger partial charge in [-0.3, -0.25) is 9.59 Å². The minimum Gasteiger partial charge on any atom is -0.378 e. The van der Waals surface area contributed by atoms with Crippen molar-refractivity contribution >= 4 is 5.91 Å². The number of hydrogen-bond acceptors (Lipinski definition) is 3. The third-order valence-electron chi connectivity index (χ3n) is 4.83. The molecule has 110 valence electrons. The molecule has 1 amide bonds. The molecule has 1 aromatic heterocycles. The zero-order valence-corrected chi connectivity index (χ0v) is 12.5. The molecule has 1 aliphatic rings. The van der Waals surface area contributed by atoms with E-state index in [2.05, 4.69) is 26.1 Å². The van der Waals surface area contributed by atoms with E-state index < -0.39 is 0 Å². The first kappa shape index (κ1) is 14.8. The fraction of sp³-hybridized carbons (Fsp3) is 0.600.